The fourth-order valence-corrected chi connectivity index (χ4v) is 1.85. The van der Waals surface area contributed by atoms with Crippen LogP contribution < -0.4 is 0 Å². The number of carbonyl (C=O) groups is 1. The zero-order valence-electron chi connectivity index (χ0n) is 10.5. The van der Waals surface area contributed by atoms with Gasteiger partial charge in [-0.15, -0.1) is 0 Å². The molecule has 4 nitrogen and oxygen atoms in total. The summed E-state index contributed by atoms with van der Waals surface area (Å²) in [5.74, 6) is -1.63. The molecule has 0 unspecified atom stereocenters. The van der Waals surface area contributed by atoms with Gasteiger partial charge in [-0.3, -0.25) is 4.90 Å². The maximum Gasteiger partial charge on any atom is 0.335 e. The molecule has 0 aliphatic carbocycles. The van der Waals surface area contributed by atoms with Gasteiger partial charge in [-0.1, -0.05) is 6.07 Å². The number of rotatable bonds is 5. The molecule has 1 aromatic heterocycles. The molecule has 1 aromatic carbocycles. The third-order valence-corrected chi connectivity index (χ3v) is 2.77. The molecule has 100 valence electrons. The van der Waals surface area contributed by atoms with Crippen molar-refractivity contribution in [2.75, 3.05) is 7.05 Å². The first-order valence-corrected chi connectivity index (χ1v) is 5.77. The number of hydrogen-bond acceptors (Lipinski definition) is 3. The summed E-state index contributed by atoms with van der Waals surface area (Å²) in [5.41, 5.74) is 1.43. The molecule has 0 amide bonds. The van der Waals surface area contributed by atoms with Gasteiger partial charge in [-0.2, -0.15) is 0 Å². The van der Waals surface area contributed by atoms with E-state index in [1.165, 1.54) is 12.1 Å². The second-order valence-corrected chi connectivity index (χ2v) is 4.42. The standard InChI is InChI=1S/C14H14FNO3/c1-16(7-10-4-5-19-9-10)8-12-3-2-11(14(17)18)6-13(12)15/h2-6,9H,7-8H2,1H3,(H,17,18). The van der Waals surface area contributed by atoms with E-state index < -0.39 is 11.8 Å². The Morgan fingerprint density at radius 1 is 1.37 bits per heavy atom. The maximum atomic E-state index is 13.7. The van der Waals surface area contributed by atoms with Gasteiger partial charge >= 0.3 is 5.97 Å². The Bertz CT molecular complexity index is 566. The van der Waals surface area contributed by atoms with E-state index in [-0.39, 0.29) is 5.56 Å². The summed E-state index contributed by atoms with van der Waals surface area (Å²) >= 11 is 0. The molecule has 0 saturated carbocycles. The minimum atomic E-state index is -1.13. The van der Waals surface area contributed by atoms with E-state index in [1.807, 2.05) is 18.0 Å². The minimum absolute atomic E-state index is 0.0428. The number of carboxylic acid groups (broad SMARTS) is 1. The molecule has 0 radical (unpaired) electrons. The van der Waals surface area contributed by atoms with Gasteiger partial charge in [0.1, 0.15) is 5.82 Å². The van der Waals surface area contributed by atoms with E-state index in [9.17, 15) is 9.18 Å². The van der Waals surface area contributed by atoms with Gasteiger partial charge in [-0.25, -0.2) is 9.18 Å². The molecule has 2 aromatic rings. The van der Waals surface area contributed by atoms with Crippen molar-refractivity contribution in [1.82, 2.24) is 4.90 Å². The number of hydrogen-bond donors (Lipinski definition) is 1. The second-order valence-electron chi connectivity index (χ2n) is 4.42. The van der Waals surface area contributed by atoms with Crippen molar-refractivity contribution in [2.24, 2.45) is 0 Å². The van der Waals surface area contributed by atoms with E-state index in [2.05, 4.69) is 0 Å². The maximum absolute atomic E-state index is 13.7. The second kappa shape index (κ2) is 5.67. The van der Waals surface area contributed by atoms with Crippen LogP contribution >= 0.6 is 0 Å². The van der Waals surface area contributed by atoms with E-state index in [1.54, 1.807) is 12.5 Å². The van der Waals surface area contributed by atoms with Crippen LogP contribution in [0.5, 0.6) is 0 Å². The molecule has 0 saturated heterocycles. The molecular weight excluding hydrogens is 249 g/mol. The van der Waals surface area contributed by atoms with E-state index in [0.29, 0.717) is 18.7 Å². The van der Waals surface area contributed by atoms with Gasteiger partial charge in [-0.05, 0) is 25.2 Å². The van der Waals surface area contributed by atoms with Crippen LogP contribution in [0.1, 0.15) is 21.5 Å². The molecule has 0 aliphatic rings. The highest BCUT2D eigenvalue weighted by Gasteiger charge is 2.10. The number of carboxylic acids is 1. The summed E-state index contributed by atoms with van der Waals surface area (Å²) in [6.45, 7) is 1.04. The van der Waals surface area contributed by atoms with Gasteiger partial charge < -0.3 is 9.52 Å². The van der Waals surface area contributed by atoms with Crippen LogP contribution in [-0.2, 0) is 13.1 Å². The molecule has 1 heterocycles. The van der Waals surface area contributed by atoms with Crippen LogP contribution in [0.25, 0.3) is 0 Å². The van der Waals surface area contributed by atoms with Crippen molar-refractivity contribution in [1.29, 1.82) is 0 Å². The predicted octanol–water partition coefficient (Wildman–Crippen LogP) is 2.75. The van der Waals surface area contributed by atoms with Crippen molar-refractivity contribution < 1.29 is 18.7 Å². The molecule has 0 atom stereocenters. The minimum Gasteiger partial charge on any atom is -0.478 e. The zero-order chi connectivity index (χ0) is 13.8. The van der Waals surface area contributed by atoms with Gasteiger partial charge in [0.15, 0.2) is 0 Å². The Hall–Kier alpha value is -2.14. The van der Waals surface area contributed by atoms with Crippen LogP contribution in [0.2, 0.25) is 0 Å². The van der Waals surface area contributed by atoms with Gasteiger partial charge in [0.2, 0.25) is 0 Å². The van der Waals surface area contributed by atoms with E-state index in [0.717, 1.165) is 11.6 Å². The van der Waals surface area contributed by atoms with E-state index >= 15 is 0 Å². The van der Waals surface area contributed by atoms with Crippen molar-refractivity contribution in [3.05, 3.63) is 59.3 Å². The SMILES string of the molecule is CN(Cc1ccoc1)Cc1ccc(C(=O)O)cc1F. The summed E-state index contributed by atoms with van der Waals surface area (Å²) in [4.78, 5) is 12.6. The monoisotopic (exact) mass is 263 g/mol. The first-order chi connectivity index (χ1) is 9.06. The fraction of sp³-hybridized carbons (Fsp3) is 0.214. The molecular formula is C14H14FNO3. The average molecular weight is 263 g/mol. The molecule has 1 N–H and O–H groups in total. The lowest BCUT2D eigenvalue weighted by Crippen LogP contribution is -2.17. The number of halogens is 1. The van der Waals surface area contributed by atoms with Crippen LogP contribution in [0, 0.1) is 5.82 Å². The Labute approximate surface area is 110 Å². The first kappa shape index (κ1) is 13.3. The number of aromatic carboxylic acids is 1. The Morgan fingerprint density at radius 2 is 2.16 bits per heavy atom. The molecule has 19 heavy (non-hydrogen) atoms. The van der Waals surface area contributed by atoms with Gasteiger partial charge in [0.25, 0.3) is 0 Å². The van der Waals surface area contributed by atoms with Gasteiger partial charge in [0.05, 0.1) is 18.1 Å². The number of nitrogens with zero attached hydrogens (tertiary/aromatic N) is 1. The lowest BCUT2D eigenvalue weighted by Gasteiger charge is -2.16. The fourth-order valence-electron chi connectivity index (χ4n) is 1.85. The van der Waals surface area contributed by atoms with E-state index in [4.69, 9.17) is 9.52 Å². The van der Waals surface area contributed by atoms with Crippen molar-refractivity contribution >= 4 is 5.97 Å². The van der Waals surface area contributed by atoms with Crippen LogP contribution in [0.15, 0.2) is 41.2 Å². The lowest BCUT2D eigenvalue weighted by molar-refractivity contribution is 0.0696. The summed E-state index contributed by atoms with van der Waals surface area (Å²) in [7, 11) is 1.86. The van der Waals surface area contributed by atoms with Gasteiger partial charge in [0, 0.05) is 24.2 Å². The highest BCUT2D eigenvalue weighted by Crippen LogP contribution is 2.14. The summed E-state index contributed by atoms with van der Waals surface area (Å²) in [6, 6.07) is 5.81. The smallest absolute Gasteiger partial charge is 0.335 e. The number of furan rings is 1. The van der Waals surface area contributed by atoms with Crippen molar-refractivity contribution in [3.63, 3.8) is 0 Å². The topological polar surface area (TPSA) is 53.7 Å². The van der Waals surface area contributed by atoms with Crippen LogP contribution in [-0.4, -0.2) is 23.0 Å². The van der Waals surface area contributed by atoms with Crippen LogP contribution in [0.3, 0.4) is 0 Å². The highest BCUT2D eigenvalue weighted by atomic mass is 19.1. The lowest BCUT2D eigenvalue weighted by atomic mass is 10.1. The third kappa shape index (κ3) is 3.42. The number of benzene rings is 1. The Kier molecular flexibility index (Phi) is 3.97. The first-order valence-electron chi connectivity index (χ1n) is 5.77. The van der Waals surface area contributed by atoms with Crippen molar-refractivity contribution in [2.45, 2.75) is 13.1 Å². The quantitative estimate of drug-likeness (QED) is 0.901. The molecule has 0 fully saturated rings. The average Bonchev–Trinajstić information content (AvgIpc) is 2.84. The summed E-state index contributed by atoms with van der Waals surface area (Å²) in [5, 5.41) is 8.77. The molecule has 0 aliphatic heterocycles. The Morgan fingerprint density at radius 3 is 2.74 bits per heavy atom. The third-order valence-electron chi connectivity index (χ3n) is 2.77. The van der Waals surface area contributed by atoms with Crippen molar-refractivity contribution in [3.8, 4) is 0 Å². The normalized spacial score (nSPS) is 10.9. The van der Waals surface area contributed by atoms with Crippen LogP contribution in [0.4, 0.5) is 4.39 Å². The molecule has 0 spiro atoms. The largest absolute Gasteiger partial charge is 0.478 e. The molecule has 2 rings (SSSR count). The summed E-state index contributed by atoms with van der Waals surface area (Å²) < 4.78 is 18.7. The summed E-state index contributed by atoms with van der Waals surface area (Å²) in [6.07, 6.45) is 3.23. The predicted molar refractivity (Wildman–Crippen MR) is 67.2 cm³/mol. The molecule has 5 heteroatoms. The zero-order valence-corrected chi connectivity index (χ0v) is 10.5. The molecule has 0 bridgehead atoms. The Balaban J connectivity index is 2.04. The highest BCUT2D eigenvalue weighted by molar-refractivity contribution is 5.87.